The monoisotopic (exact) mass is 107 g/mol. The van der Waals surface area contributed by atoms with Gasteiger partial charge in [0.1, 0.15) is 0 Å². The molecular weight excluding hydrogens is 102 g/mol. The summed E-state index contributed by atoms with van der Waals surface area (Å²) in [6.45, 7) is 0. The van der Waals surface area contributed by atoms with Crippen LogP contribution in [0.4, 0.5) is 4.39 Å². The van der Waals surface area contributed by atoms with Gasteiger partial charge in [-0.25, -0.2) is 4.39 Å². The van der Waals surface area contributed by atoms with Crippen molar-refractivity contribution in [2.75, 3.05) is 0 Å². The summed E-state index contributed by atoms with van der Waals surface area (Å²) in [5.74, 6) is 0.117. The molecule has 1 aliphatic rings. The van der Waals surface area contributed by atoms with E-state index in [1.807, 2.05) is 0 Å². The molecule has 0 aliphatic heterocycles. The lowest BCUT2D eigenvalue weighted by molar-refractivity contribution is 0.527. The summed E-state index contributed by atoms with van der Waals surface area (Å²) in [7, 11) is 0. The molecule has 6 heavy (non-hydrogen) atoms. The smallest absolute Gasteiger partial charge is 0.221 e. The number of hydrogen-bond donors (Lipinski definition) is 0. The van der Waals surface area contributed by atoms with E-state index in [2.05, 4.69) is 0 Å². The van der Waals surface area contributed by atoms with E-state index in [1.54, 1.807) is 0 Å². The van der Waals surface area contributed by atoms with Crippen molar-refractivity contribution in [1.82, 2.24) is 0 Å². The van der Waals surface area contributed by atoms with E-state index in [-0.39, 0.29) is 5.92 Å². The van der Waals surface area contributed by atoms with Crippen molar-refractivity contribution in [1.29, 1.82) is 0 Å². The molecule has 1 rings (SSSR count). The molecule has 1 radical (unpaired) electrons. The second-order valence-electron chi connectivity index (χ2n) is 1.56. The number of halogens is 2. The maximum Gasteiger partial charge on any atom is 0.234 e. The van der Waals surface area contributed by atoms with Crippen molar-refractivity contribution in [3.05, 3.63) is 5.63 Å². The summed E-state index contributed by atoms with van der Waals surface area (Å²) < 4.78 is 11.6. The van der Waals surface area contributed by atoms with Gasteiger partial charge in [-0.15, -0.1) is 0 Å². The minimum Gasteiger partial charge on any atom is -0.221 e. The summed E-state index contributed by atoms with van der Waals surface area (Å²) >= 11 is 4.93. The van der Waals surface area contributed by atoms with Gasteiger partial charge in [0.15, 0.2) is 0 Å². The van der Waals surface area contributed by atoms with E-state index < -0.39 is 5.63 Å². The van der Waals surface area contributed by atoms with E-state index in [4.69, 9.17) is 11.6 Å². The van der Waals surface area contributed by atoms with Crippen LogP contribution < -0.4 is 0 Å². The lowest BCUT2D eigenvalue weighted by Gasteiger charge is -1.84. The fourth-order valence-electron chi connectivity index (χ4n) is 0.302. The van der Waals surface area contributed by atoms with Crippen LogP contribution in [-0.4, -0.2) is 0 Å². The summed E-state index contributed by atoms with van der Waals surface area (Å²) in [5.41, 5.74) is -0.407. The van der Waals surface area contributed by atoms with Crippen LogP contribution in [0, 0.1) is 11.5 Å². The van der Waals surface area contributed by atoms with Crippen LogP contribution in [0.2, 0.25) is 0 Å². The summed E-state index contributed by atoms with van der Waals surface area (Å²) in [6, 6.07) is 0. The lowest BCUT2D eigenvalue weighted by Crippen LogP contribution is -1.74. The Morgan fingerprint density at radius 2 is 2.17 bits per heavy atom. The van der Waals surface area contributed by atoms with Crippen LogP contribution in [0.25, 0.3) is 0 Å². The Morgan fingerprint density at radius 1 is 1.67 bits per heavy atom. The topological polar surface area (TPSA) is 0 Å². The Bertz CT molecular complexity index is 49.5. The number of rotatable bonds is 1. The molecule has 0 aromatic heterocycles. The first kappa shape index (κ1) is 4.38. The Kier molecular flexibility index (Phi) is 1.00. The molecule has 0 nitrogen and oxygen atoms in total. The lowest BCUT2D eigenvalue weighted by atomic mass is 10.5. The van der Waals surface area contributed by atoms with E-state index in [1.165, 1.54) is 0 Å². The van der Waals surface area contributed by atoms with Gasteiger partial charge in [-0.2, -0.15) is 0 Å². The molecule has 0 aromatic rings. The predicted octanol–water partition coefficient (Wildman–Crippen LogP) is 2.09. The van der Waals surface area contributed by atoms with Gasteiger partial charge in [0.2, 0.25) is 5.63 Å². The summed E-state index contributed by atoms with van der Waals surface area (Å²) in [4.78, 5) is 0. The van der Waals surface area contributed by atoms with Crippen molar-refractivity contribution < 1.29 is 4.39 Å². The normalized spacial score (nSPS) is 22.5. The van der Waals surface area contributed by atoms with Crippen LogP contribution in [0.1, 0.15) is 12.8 Å². The van der Waals surface area contributed by atoms with Crippen LogP contribution in [0.5, 0.6) is 0 Å². The van der Waals surface area contributed by atoms with Crippen molar-refractivity contribution in [3.8, 4) is 0 Å². The molecule has 0 spiro atoms. The molecule has 0 heterocycles. The average Bonchev–Trinajstić information content (AvgIpc) is 2.06. The minimum atomic E-state index is -0.407. The maximum atomic E-state index is 11.6. The minimum absolute atomic E-state index is 0.117. The second-order valence-corrected chi connectivity index (χ2v) is 1.92. The highest BCUT2D eigenvalue weighted by Crippen LogP contribution is 2.40. The fourth-order valence-corrected chi connectivity index (χ4v) is 0.520. The Labute approximate surface area is 41.3 Å². The summed E-state index contributed by atoms with van der Waals surface area (Å²) in [5, 5.41) is 0. The van der Waals surface area contributed by atoms with E-state index in [0.29, 0.717) is 0 Å². The Balaban J connectivity index is 2.13. The van der Waals surface area contributed by atoms with Crippen molar-refractivity contribution in [2.45, 2.75) is 12.8 Å². The Hall–Kier alpha value is 0.220. The molecule has 0 bridgehead atoms. The zero-order chi connectivity index (χ0) is 4.57. The molecule has 1 fully saturated rings. The van der Waals surface area contributed by atoms with Gasteiger partial charge in [0, 0.05) is 5.92 Å². The van der Waals surface area contributed by atoms with Gasteiger partial charge >= 0.3 is 0 Å². The van der Waals surface area contributed by atoms with Gasteiger partial charge in [0.05, 0.1) is 0 Å². The summed E-state index contributed by atoms with van der Waals surface area (Å²) in [6.07, 6.45) is 1.91. The average molecular weight is 108 g/mol. The van der Waals surface area contributed by atoms with E-state index >= 15 is 0 Å². The molecule has 1 saturated carbocycles. The second kappa shape index (κ2) is 1.38. The molecular formula is C4H5ClF. The molecule has 1 aliphatic carbocycles. The molecule has 0 atom stereocenters. The van der Waals surface area contributed by atoms with Gasteiger partial charge in [-0.05, 0) is 12.8 Å². The van der Waals surface area contributed by atoms with Gasteiger partial charge < -0.3 is 0 Å². The van der Waals surface area contributed by atoms with Crippen molar-refractivity contribution in [3.63, 3.8) is 0 Å². The molecule has 0 amide bonds. The van der Waals surface area contributed by atoms with Crippen LogP contribution in [0.15, 0.2) is 0 Å². The third-order valence-corrected chi connectivity index (χ3v) is 1.19. The molecule has 2 heteroatoms. The standard InChI is InChI=1S/C4H5ClF/c5-4(6)3-1-2-3/h3H,1-2H2. The zero-order valence-electron chi connectivity index (χ0n) is 3.25. The van der Waals surface area contributed by atoms with Crippen molar-refractivity contribution >= 4 is 11.6 Å². The quantitative estimate of drug-likeness (QED) is 0.481. The number of hydrogen-bond acceptors (Lipinski definition) is 0. The SMILES string of the molecule is F[C](Cl)C1CC1. The zero-order valence-corrected chi connectivity index (χ0v) is 4.00. The largest absolute Gasteiger partial charge is 0.234 e. The van der Waals surface area contributed by atoms with Crippen molar-refractivity contribution in [2.24, 2.45) is 5.92 Å². The highest BCUT2D eigenvalue weighted by molar-refractivity contribution is 6.25. The highest BCUT2D eigenvalue weighted by atomic mass is 35.5. The highest BCUT2D eigenvalue weighted by Gasteiger charge is 2.30. The van der Waals surface area contributed by atoms with Crippen LogP contribution in [0.3, 0.4) is 0 Å². The molecule has 0 saturated heterocycles. The van der Waals surface area contributed by atoms with Gasteiger partial charge in [-0.1, -0.05) is 11.6 Å². The first-order chi connectivity index (χ1) is 2.80. The predicted molar refractivity (Wildman–Crippen MR) is 22.9 cm³/mol. The first-order valence-corrected chi connectivity index (χ1v) is 2.36. The molecule has 0 aromatic carbocycles. The molecule has 0 unspecified atom stereocenters. The third kappa shape index (κ3) is 0.839. The van der Waals surface area contributed by atoms with E-state index in [0.717, 1.165) is 12.8 Å². The molecule has 0 N–H and O–H groups in total. The van der Waals surface area contributed by atoms with Crippen LogP contribution in [-0.2, 0) is 0 Å². The van der Waals surface area contributed by atoms with Crippen LogP contribution >= 0.6 is 11.6 Å². The molecule has 35 valence electrons. The van der Waals surface area contributed by atoms with E-state index in [9.17, 15) is 4.39 Å². The third-order valence-electron chi connectivity index (χ3n) is 0.886. The maximum absolute atomic E-state index is 11.6. The fraction of sp³-hybridized carbons (Fsp3) is 0.750. The van der Waals surface area contributed by atoms with Gasteiger partial charge in [-0.3, -0.25) is 0 Å². The first-order valence-electron chi connectivity index (χ1n) is 1.98. The Morgan fingerprint density at radius 3 is 2.17 bits per heavy atom. The van der Waals surface area contributed by atoms with Gasteiger partial charge in [0.25, 0.3) is 0 Å².